The molecule has 1 aromatic heterocycles. The van der Waals surface area contributed by atoms with Crippen LogP contribution in [0.4, 0.5) is 0 Å². The van der Waals surface area contributed by atoms with Crippen LogP contribution in [0.1, 0.15) is 11.7 Å². The topological polar surface area (TPSA) is 63.4 Å². The van der Waals surface area contributed by atoms with Gasteiger partial charge in [-0.1, -0.05) is 0 Å². The first-order chi connectivity index (χ1) is 7.19. The highest BCUT2D eigenvalue weighted by atomic mass is 16.5. The molecule has 1 heterocycles. The number of likely N-dealkylation sites (N-methyl/N-ethyl adjacent to an activating group) is 1. The molecule has 1 rings (SSSR count). The van der Waals surface area contributed by atoms with Crippen LogP contribution in [0, 0.1) is 0 Å². The molecule has 5 nitrogen and oxygen atoms in total. The number of hydrazine groups is 1. The van der Waals surface area contributed by atoms with E-state index in [1.54, 1.807) is 13.3 Å². The lowest BCUT2D eigenvalue weighted by Crippen LogP contribution is -2.36. The fourth-order valence-electron chi connectivity index (χ4n) is 1.42. The molecule has 0 aromatic carbocycles. The summed E-state index contributed by atoms with van der Waals surface area (Å²) in [5.74, 6) is 6.26. The third-order valence-electron chi connectivity index (χ3n) is 2.10. The van der Waals surface area contributed by atoms with E-state index in [1.807, 2.05) is 31.1 Å². The van der Waals surface area contributed by atoms with Gasteiger partial charge in [-0.2, -0.15) is 0 Å². The van der Waals surface area contributed by atoms with E-state index in [4.69, 9.17) is 10.6 Å². The van der Waals surface area contributed by atoms with Crippen LogP contribution < -0.4 is 16.0 Å². The zero-order valence-electron chi connectivity index (χ0n) is 9.40. The Bertz CT molecular complexity index is 303. The lowest BCUT2D eigenvalue weighted by molar-refractivity contribution is 0.328. The molecule has 1 aromatic rings. The maximum Gasteiger partial charge on any atom is 0.142 e. The van der Waals surface area contributed by atoms with E-state index in [2.05, 4.69) is 10.4 Å². The second kappa shape index (κ2) is 5.65. The van der Waals surface area contributed by atoms with Gasteiger partial charge >= 0.3 is 0 Å². The molecular formula is C10H18N4O. The van der Waals surface area contributed by atoms with E-state index in [0.717, 1.165) is 18.0 Å². The molecule has 0 aliphatic carbocycles. The molecule has 5 heteroatoms. The van der Waals surface area contributed by atoms with Gasteiger partial charge in [0.1, 0.15) is 11.4 Å². The van der Waals surface area contributed by atoms with E-state index < -0.39 is 0 Å². The number of nitrogens with one attached hydrogen (secondary N) is 1. The second-order valence-corrected chi connectivity index (χ2v) is 3.57. The molecule has 0 aliphatic heterocycles. The Morgan fingerprint density at radius 1 is 1.60 bits per heavy atom. The first kappa shape index (κ1) is 11.9. The van der Waals surface area contributed by atoms with E-state index in [1.165, 1.54) is 0 Å². The van der Waals surface area contributed by atoms with Crippen molar-refractivity contribution in [1.82, 2.24) is 15.3 Å². The highest BCUT2D eigenvalue weighted by molar-refractivity contribution is 5.29. The van der Waals surface area contributed by atoms with Gasteiger partial charge in [0.25, 0.3) is 0 Å². The highest BCUT2D eigenvalue weighted by Crippen LogP contribution is 2.21. The van der Waals surface area contributed by atoms with Crippen molar-refractivity contribution < 1.29 is 4.74 Å². The summed E-state index contributed by atoms with van der Waals surface area (Å²) in [5, 5.41) is 0. The molecule has 0 radical (unpaired) electrons. The minimum Gasteiger partial charge on any atom is -0.495 e. The van der Waals surface area contributed by atoms with Gasteiger partial charge in [-0.15, -0.1) is 0 Å². The normalized spacial score (nSPS) is 12.9. The zero-order chi connectivity index (χ0) is 11.3. The summed E-state index contributed by atoms with van der Waals surface area (Å²) in [7, 11) is 5.60. The van der Waals surface area contributed by atoms with Gasteiger partial charge < -0.3 is 9.64 Å². The molecule has 3 N–H and O–H groups in total. The van der Waals surface area contributed by atoms with Gasteiger partial charge in [-0.25, -0.2) is 5.43 Å². The Kier molecular flexibility index (Phi) is 4.48. The molecule has 1 atom stereocenters. The third kappa shape index (κ3) is 3.16. The van der Waals surface area contributed by atoms with Crippen LogP contribution >= 0.6 is 0 Å². The fraction of sp³-hybridized carbons (Fsp3) is 0.500. The minimum atomic E-state index is -0.0313. The van der Waals surface area contributed by atoms with Crippen molar-refractivity contribution >= 4 is 0 Å². The van der Waals surface area contributed by atoms with Crippen LogP contribution in [0.2, 0.25) is 0 Å². The number of methoxy groups -OCH3 is 1. The lowest BCUT2D eigenvalue weighted by Gasteiger charge is -2.21. The number of ether oxygens (including phenoxy) is 1. The van der Waals surface area contributed by atoms with Crippen molar-refractivity contribution in [1.29, 1.82) is 0 Å². The van der Waals surface area contributed by atoms with Crippen LogP contribution in [0.3, 0.4) is 0 Å². The predicted octanol–water partition coefficient (Wildman–Crippen LogP) is 0.156. The number of pyridine rings is 1. The fourth-order valence-corrected chi connectivity index (χ4v) is 1.42. The molecule has 0 amide bonds. The Hall–Kier alpha value is -1.17. The average molecular weight is 210 g/mol. The van der Waals surface area contributed by atoms with Crippen molar-refractivity contribution in [2.24, 2.45) is 5.84 Å². The number of hydrogen-bond donors (Lipinski definition) is 2. The monoisotopic (exact) mass is 210 g/mol. The number of nitrogens with two attached hydrogens (primary N) is 1. The van der Waals surface area contributed by atoms with Gasteiger partial charge in [0.15, 0.2) is 0 Å². The van der Waals surface area contributed by atoms with Crippen LogP contribution in [0.25, 0.3) is 0 Å². The molecule has 0 aliphatic rings. The summed E-state index contributed by atoms with van der Waals surface area (Å²) in [6.07, 6.45) is 1.73. The third-order valence-corrected chi connectivity index (χ3v) is 2.10. The smallest absolute Gasteiger partial charge is 0.142 e. The number of aromatic nitrogens is 1. The summed E-state index contributed by atoms with van der Waals surface area (Å²) in [6.45, 7) is 0.768. The zero-order valence-corrected chi connectivity index (χ0v) is 9.40. The Morgan fingerprint density at radius 2 is 2.33 bits per heavy atom. The lowest BCUT2D eigenvalue weighted by atomic mass is 10.1. The highest BCUT2D eigenvalue weighted by Gasteiger charge is 2.16. The standard InChI is InChI=1S/C10H18N4O/c1-14(2)7-8(13-11)10-9(15-3)5-4-6-12-10/h4-6,8,13H,7,11H2,1-3H3. The van der Waals surface area contributed by atoms with Gasteiger partial charge in [0.05, 0.1) is 13.2 Å². The van der Waals surface area contributed by atoms with E-state index in [0.29, 0.717) is 0 Å². The van der Waals surface area contributed by atoms with Gasteiger partial charge in [0, 0.05) is 12.7 Å². The van der Waals surface area contributed by atoms with Crippen molar-refractivity contribution in [2.45, 2.75) is 6.04 Å². The maximum atomic E-state index is 5.50. The molecule has 15 heavy (non-hydrogen) atoms. The summed E-state index contributed by atoms with van der Waals surface area (Å²) in [5.41, 5.74) is 3.57. The minimum absolute atomic E-state index is 0.0313. The van der Waals surface area contributed by atoms with Gasteiger partial charge in [-0.3, -0.25) is 10.8 Å². The molecule has 0 fully saturated rings. The van der Waals surface area contributed by atoms with Crippen LogP contribution in [-0.2, 0) is 0 Å². The molecule has 0 spiro atoms. The van der Waals surface area contributed by atoms with E-state index >= 15 is 0 Å². The molecule has 0 saturated heterocycles. The molecule has 0 bridgehead atoms. The summed E-state index contributed by atoms with van der Waals surface area (Å²) < 4.78 is 5.23. The predicted molar refractivity (Wildman–Crippen MR) is 59.4 cm³/mol. The summed E-state index contributed by atoms with van der Waals surface area (Å²) in [4.78, 5) is 6.32. The number of hydrogen-bond acceptors (Lipinski definition) is 5. The van der Waals surface area contributed by atoms with E-state index in [-0.39, 0.29) is 6.04 Å². The molecule has 1 unspecified atom stereocenters. The van der Waals surface area contributed by atoms with Gasteiger partial charge in [-0.05, 0) is 26.2 Å². The van der Waals surface area contributed by atoms with Crippen molar-refractivity contribution in [3.63, 3.8) is 0 Å². The molecular weight excluding hydrogens is 192 g/mol. The first-order valence-corrected chi connectivity index (χ1v) is 4.78. The van der Waals surface area contributed by atoms with Crippen LogP contribution in [-0.4, -0.2) is 37.6 Å². The Morgan fingerprint density at radius 3 is 2.87 bits per heavy atom. The quantitative estimate of drug-likeness (QED) is 0.535. The largest absolute Gasteiger partial charge is 0.495 e. The average Bonchev–Trinajstić information content (AvgIpc) is 2.25. The Labute approximate surface area is 90.2 Å². The second-order valence-electron chi connectivity index (χ2n) is 3.57. The summed E-state index contributed by atoms with van der Waals surface area (Å²) >= 11 is 0. The maximum absolute atomic E-state index is 5.50. The number of nitrogens with zero attached hydrogens (tertiary/aromatic N) is 2. The molecule has 84 valence electrons. The SMILES string of the molecule is COc1cccnc1C(CN(C)C)NN. The number of rotatable bonds is 5. The summed E-state index contributed by atoms with van der Waals surface area (Å²) in [6, 6.07) is 3.68. The Balaban J connectivity index is 2.90. The van der Waals surface area contributed by atoms with Crippen molar-refractivity contribution in [3.05, 3.63) is 24.0 Å². The first-order valence-electron chi connectivity index (χ1n) is 4.78. The van der Waals surface area contributed by atoms with E-state index in [9.17, 15) is 0 Å². The molecule has 0 saturated carbocycles. The van der Waals surface area contributed by atoms with Crippen LogP contribution in [0.15, 0.2) is 18.3 Å². The van der Waals surface area contributed by atoms with Crippen LogP contribution in [0.5, 0.6) is 5.75 Å². The van der Waals surface area contributed by atoms with Crippen molar-refractivity contribution in [2.75, 3.05) is 27.7 Å². The van der Waals surface area contributed by atoms with Crippen molar-refractivity contribution in [3.8, 4) is 5.75 Å². The van der Waals surface area contributed by atoms with Gasteiger partial charge in [0.2, 0.25) is 0 Å².